The van der Waals surface area contributed by atoms with Gasteiger partial charge in [0, 0.05) is 0 Å². The third-order valence-corrected chi connectivity index (χ3v) is 2.70. The number of hydrazone groups is 1. The van der Waals surface area contributed by atoms with Crippen molar-refractivity contribution in [3.05, 3.63) is 53.6 Å². The van der Waals surface area contributed by atoms with Crippen LogP contribution in [0.1, 0.15) is 5.76 Å². The van der Waals surface area contributed by atoms with E-state index in [4.69, 9.17) is 16.0 Å². The second kappa shape index (κ2) is 5.07. The van der Waals surface area contributed by atoms with Crippen LogP contribution in [0.5, 0.6) is 0 Å². The number of anilines is 1. The first-order chi connectivity index (χ1) is 9.33. The fraction of sp³-hybridized carbons (Fsp3) is 0. The Morgan fingerprint density at radius 3 is 2.63 bits per heavy atom. The Morgan fingerprint density at radius 1 is 1.11 bits per heavy atom. The van der Waals surface area contributed by atoms with E-state index in [0.717, 1.165) is 11.0 Å². The van der Waals surface area contributed by atoms with Gasteiger partial charge in [-0.25, -0.2) is 9.97 Å². The van der Waals surface area contributed by atoms with Gasteiger partial charge >= 0.3 is 0 Å². The van der Waals surface area contributed by atoms with Crippen LogP contribution < -0.4 is 5.43 Å². The van der Waals surface area contributed by atoms with E-state index in [1.54, 1.807) is 18.4 Å². The van der Waals surface area contributed by atoms with E-state index in [1.807, 2.05) is 24.3 Å². The van der Waals surface area contributed by atoms with E-state index in [-0.39, 0.29) is 5.15 Å². The maximum Gasteiger partial charge on any atom is 0.185 e. The van der Waals surface area contributed by atoms with Gasteiger partial charge in [-0.2, -0.15) is 5.10 Å². The van der Waals surface area contributed by atoms with Crippen molar-refractivity contribution in [1.29, 1.82) is 0 Å². The third-order valence-electron chi connectivity index (χ3n) is 2.43. The zero-order valence-corrected chi connectivity index (χ0v) is 10.5. The van der Waals surface area contributed by atoms with Crippen LogP contribution in [0.2, 0.25) is 5.15 Å². The van der Waals surface area contributed by atoms with E-state index < -0.39 is 0 Å². The summed E-state index contributed by atoms with van der Waals surface area (Å²) in [6.45, 7) is 0. The minimum absolute atomic E-state index is 0.273. The maximum absolute atomic E-state index is 6.03. The maximum atomic E-state index is 6.03. The highest BCUT2D eigenvalue weighted by Crippen LogP contribution is 2.20. The Bertz CT molecular complexity index is 725. The first-order valence-corrected chi connectivity index (χ1v) is 5.95. The summed E-state index contributed by atoms with van der Waals surface area (Å²) in [7, 11) is 0. The molecule has 0 bridgehead atoms. The number of rotatable bonds is 3. The first-order valence-electron chi connectivity index (χ1n) is 5.58. The number of para-hydroxylation sites is 2. The first kappa shape index (κ1) is 11.7. The number of halogens is 1. The monoisotopic (exact) mass is 272 g/mol. The van der Waals surface area contributed by atoms with Gasteiger partial charge in [0.25, 0.3) is 0 Å². The van der Waals surface area contributed by atoms with Crippen molar-refractivity contribution in [2.45, 2.75) is 0 Å². The lowest BCUT2D eigenvalue weighted by molar-refractivity contribution is 0.560. The number of hydrogen-bond donors (Lipinski definition) is 1. The van der Waals surface area contributed by atoms with Crippen molar-refractivity contribution in [2.75, 3.05) is 5.43 Å². The molecule has 0 fully saturated rings. The fourth-order valence-corrected chi connectivity index (χ4v) is 1.75. The molecule has 0 amide bonds. The minimum Gasteiger partial charge on any atom is -0.463 e. The lowest BCUT2D eigenvalue weighted by atomic mass is 10.3. The third kappa shape index (κ3) is 2.56. The molecule has 2 aromatic heterocycles. The highest BCUT2D eigenvalue weighted by molar-refractivity contribution is 6.32. The van der Waals surface area contributed by atoms with E-state index in [9.17, 15) is 0 Å². The predicted octanol–water partition coefficient (Wildman–Crippen LogP) is 3.32. The second-order valence-corrected chi connectivity index (χ2v) is 4.10. The quantitative estimate of drug-likeness (QED) is 0.587. The zero-order valence-electron chi connectivity index (χ0n) is 9.75. The van der Waals surface area contributed by atoms with Crippen molar-refractivity contribution in [3.8, 4) is 0 Å². The highest BCUT2D eigenvalue weighted by Gasteiger charge is 2.05. The molecule has 0 saturated heterocycles. The number of hydrogen-bond acceptors (Lipinski definition) is 5. The number of nitrogens with zero attached hydrogens (tertiary/aromatic N) is 3. The summed E-state index contributed by atoms with van der Waals surface area (Å²) in [5.41, 5.74) is 4.24. The molecule has 0 unspecified atom stereocenters. The van der Waals surface area contributed by atoms with Crippen molar-refractivity contribution in [3.63, 3.8) is 0 Å². The summed E-state index contributed by atoms with van der Waals surface area (Å²) >= 11 is 6.03. The summed E-state index contributed by atoms with van der Waals surface area (Å²) in [6, 6.07) is 11.1. The van der Waals surface area contributed by atoms with Crippen LogP contribution in [0.15, 0.2) is 52.2 Å². The lowest BCUT2D eigenvalue weighted by Gasteiger charge is -2.03. The molecule has 1 N–H and O–H groups in total. The van der Waals surface area contributed by atoms with Gasteiger partial charge in [0.1, 0.15) is 5.76 Å². The standard InChI is InChI=1S/C13H9ClN4O/c14-12-13(18-15-8-9-4-3-7-19-9)17-11-6-2-1-5-10(11)16-12/h1-8H,(H,17,18)/b15-8-. The largest absolute Gasteiger partial charge is 0.463 e. The van der Waals surface area contributed by atoms with Gasteiger partial charge in [0.2, 0.25) is 0 Å². The average molecular weight is 273 g/mol. The van der Waals surface area contributed by atoms with Crippen molar-refractivity contribution in [1.82, 2.24) is 9.97 Å². The van der Waals surface area contributed by atoms with Gasteiger partial charge in [0.05, 0.1) is 23.5 Å². The molecule has 0 saturated carbocycles. The molecule has 5 nitrogen and oxygen atoms in total. The van der Waals surface area contributed by atoms with Crippen molar-refractivity contribution >= 4 is 34.7 Å². The Labute approximate surface area is 113 Å². The van der Waals surface area contributed by atoms with Crippen LogP contribution in [-0.4, -0.2) is 16.2 Å². The molecule has 0 radical (unpaired) electrons. The molecular weight excluding hydrogens is 264 g/mol. The predicted molar refractivity (Wildman–Crippen MR) is 74.5 cm³/mol. The molecule has 0 aliphatic rings. The molecule has 3 aromatic rings. The number of benzene rings is 1. The molecule has 3 rings (SSSR count). The van der Waals surface area contributed by atoms with Crippen LogP contribution in [0, 0.1) is 0 Å². The molecular formula is C13H9ClN4O. The van der Waals surface area contributed by atoms with E-state index in [1.165, 1.54) is 6.21 Å². The smallest absolute Gasteiger partial charge is 0.185 e. The van der Waals surface area contributed by atoms with Gasteiger partial charge in [-0.15, -0.1) is 0 Å². The van der Waals surface area contributed by atoms with Crippen molar-refractivity contribution < 1.29 is 4.42 Å². The van der Waals surface area contributed by atoms with Crippen LogP contribution >= 0.6 is 11.6 Å². The molecule has 6 heteroatoms. The summed E-state index contributed by atoms with van der Waals surface area (Å²) in [5.74, 6) is 1.04. The average Bonchev–Trinajstić information content (AvgIpc) is 2.92. The number of furan rings is 1. The Hall–Kier alpha value is -2.40. The van der Waals surface area contributed by atoms with Gasteiger partial charge in [-0.3, -0.25) is 5.43 Å². The number of nitrogens with one attached hydrogen (secondary N) is 1. The molecule has 0 spiro atoms. The highest BCUT2D eigenvalue weighted by atomic mass is 35.5. The van der Waals surface area contributed by atoms with E-state index in [0.29, 0.717) is 11.6 Å². The van der Waals surface area contributed by atoms with Crippen LogP contribution in [-0.2, 0) is 0 Å². The van der Waals surface area contributed by atoms with Gasteiger partial charge < -0.3 is 4.42 Å². The van der Waals surface area contributed by atoms with Gasteiger partial charge in [0.15, 0.2) is 11.0 Å². The van der Waals surface area contributed by atoms with Crippen LogP contribution in [0.4, 0.5) is 5.82 Å². The minimum atomic E-state index is 0.273. The Morgan fingerprint density at radius 2 is 1.89 bits per heavy atom. The van der Waals surface area contributed by atoms with Gasteiger partial charge in [-0.1, -0.05) is 23.7 Å². The van der Waals surface area contributed by atoms with E-state index >= 15 is 0 Å². The summed E-state index contributed by atoms with van der Waals surface area (Å²) < 4.78 is 5.11. The zero-order chi connectivity index (χ0) is 13.1. The molecule has 0 aliphatic heterocycles. The lowest BCUT2D eigenvalue weighted by Crippen LogP contribution is -1.97. The SMILES string of the molecule is Clc1nc2ccccc2nc1N/N=C\c1ccco1. The summed E-state index contributed by atoms with van der Waals surface area (Å²) in [4.78, 5) is 8.58. The molecule has 1 aromatic carbocycles. The molecule has 94 valence electrons. The van der Waals surface area contributed by atoms with Crippen LogP contribution in [0.3, 0.4) is 0 Å². The second-order valence-electron chi connectivity index (χ2n) is 3.74. The van der Waals surface area contributed by atoms with Gasteiger partial charge in [-0.05, 0) is 24.3 Å². The molecule has 19 heavy (non-hydrogen) atoms. The number of fused-ring (bicyclic) bond motifs is 1. The summed E-state index contributed by atoms with van der Waals surface area (Å²) in [6.07, 6.45) is 3.11. The topological polar surface area (TPSA) is 63.3 Å². The van der Waals surface area contributed by atoms with E-state index in [2.05, 4.69) is 20.5 Å². The van der Waals surface area contributed by atoms with Crippen LogP contribution in [0.25, 0.3) is 11.0 Å². The van der Waals surface area contributed by atoms with Crippen molar-refractivity contribution in [2.24, 2.45) is 5.10 Å². The Kier molecular flexibility index (Phi) is 3.12. The Balaban J connectivity index is 1.86. The molecule has 0 atom stereocenters. The number of aromatic nitrogens is 2. The fourth-order valence-electron chi connectivity index (χ4n) is 1.57. The normalized spacial score (nSPS) is 11.2. The molecule has 0 aliphatic carbocycles. The molecule has 2 heterocycles. The summed E-state index contributed by atoms with van der Waals surface area (Å²) in [5, 5.41) is 4.27.